The second kappa shape index (κ2) is 8.29. The zero-order valence-electron chi connectivity index (χ0n) is 16.0. The third kappa shape index (κ3) is 5.82. The number of hydrogen-bond donors (Lipinski definition) is 2. The Morgan fingerprint density at radius 3 is 2.88 bits per heavy atom. The van der Waals surface area contributed by atoms with Gasteiger partial charge >= 0.3 is 12.0 Å². The molecule has 8 nitrogen and oxygen atoms in total. The van der Waals surface area contributed by atoms with E-state index in [4.69, 9.17) is 4.74 Å². The van der Waals surface area contributed by atoms with Crippen LogP contribution in [0.3, 0.4) is 0 Å². The summed E-state index contributed by atoms with van der Waals surface area (Å²) in [6.07, 6.45) is 4.66. The first kappa shape index (κ1) is 19.9. The van der Waals surface area contributed by atoms with Crippen LogP contribution in [0.1, 0.15) is 31.9 Å². The molecule has 2 rings (SSSR count). The number of hydrogen-bond acceptors (Lipinski definition) is 6. The zero-order chi connectivity index (χ0) is 19.3. The van der Waals surface area contributed by atoms with Gasteiger partial charge in [0.25, 0.3) is 0 Å². The summed E-state index contributed by atoms with van der Waals surface area (Å²) in [6, 6.07) is 1.75. The minimum absolute atomic E-state index is 0.161. The number of nitrogens with one attached hydrogen (secondary N) is 2. The second-order valence-electron chi connectivity index (χ2n) is 7.14. The molecule has 2 amide bonds. The highest BCUT2D eigenvalue weighted by Crippen LogP contribution is 2.22. The van der Waals surface area contributed by atoms with E-state index >= 15 is 0 Å². The maximum Gasteiger partial charge on any atom is 0.331 e. The number of amides is 2. The predicted octanol–water partition coefficient (Wildman–Crippen LogP) is 1.85. The van der Waals surface area contributed by atoms with E-state index < -0.39 is 11.6 Å². The molecule has 0 atom stereocenters. The Hall–Kier alpha value is -2.45. The van der Waals surface area contributed by atoms with Crippen molar-refractivity contribution >= 4 is 23.9 Å². The largest absolute Gasteiger partial charge is 0.457 e. The van der Waals surface area contributed by atoms with E-state index in [9.17, 15) is 9.59 Å². The summed E-state index contributed by atoms with van der Waals surface area (Å²) in [4.78, 5) is 29.9. The maximum atomic E-state index is 12.2. The molecule has 142 valence electrons. The van der Waals surface area contributed by atoms with Gasteiger partial charge in [-0.1, -0.05) is 0 Å². The van der Waals surface area contributed by atoms with Gasteiger partial charge in [0.05, 0.1) is 6.54 Å². The molecule has 1 aromatic heterocycles. The Balaban J connectivity index is 2.05. The maximum absolute atomic E-state index is 12.2. The number of aromatic nitrogens is 1. The summed E-state index contributed by atoms with van der Waals surface area (Å²) in [5.74, 6) is 0.155. The molecule has 0 spiro atoms. The van der Waals surface area contributed by atoms with Crippen molar-refractivity contribution in [3.8, 4) is 0 Å². The van der Waals surface area contributed by atoms with Gasteiger partial charge < -0.3 is 9.64 Å². The van der Waals surface area contributed by atoms with Crippen LogP contribution in [0.2, 0.25) is 0 Å². The van der Waals surface area contributed by atoms with Gasteiger partial charge in [-0.25, -0.2) is 19.6 Å². The summed E-state index contributed by atoms with van der Waals surface area (Å²) in [7, 11) is 3.75. The summed E-state index contributed by atoms with van der Waals surface area (Å²) in [6.45, 7) is 7.22. The highest BCUT2D eigenvalue weighted by atomic mass is 16.6. The Morgan fingerprint density at radius 2 is 2.23 bits per heavy atom. The number of anilines is 1. The van der Waals surface area contributed by atoms with Crippen molar-refractivity contribution in [1.82, 2.24) is 20.3 Å². The zero-order valence-corrected chi connectivity index (χ0v) is 16.0. The van der Waals surface area contributed by atoms with Crippen molar-refractivity contribution in [3.63, 3.8) is 0 Å². The van der Waals surface area contributed by atoms with E-state index in [2.05, 4.69) is 15.7 Å². The third-order valence-corrected chi connectivity index (χ3v) is 3.77. The number of hydrazine groups is 1. The van der Waals surface area contributed by atoms with Crippen LogP contribution in [0.25, 0.3) is 6.08 Å². The van der Waals surface area contributed by atoms with Crippen molar-refractivity contribution in [2.75, 3.05) is 32.5 Å². The van der Waals surface area contributed by atoms with Crippen LogP contribution >= 0.6 is 0 Å². The number of rotatable bonds is 6. The molecule has 2 heterocycles. The van der Waals surface area contributed by atoms with E-state index in [1.165, 1.54) is 6.08 Å². The van der Waals surface area contributed by atoms with Gasteiger partial charge in [-0.3, -0.25) is 10.7 Å². The molecule has 0 saturated heterocycles. The van der Waals surface area contributed by atoms with Crippen LogP contribution in [0, 0.1) is 0 Å². The van der Waals surface area contributed by atoms with E-state index in [0.717, 1.165) is 11.1 Å². The third-order valence-electron chi connectivity index (χ3n) is 3.77. The number of carbonyl (C=O) groups excluding carboxylic acids is 2. The average Bonchev–Trinajstić information content (AvgIpc) is 2.56. The number of likely N-dealkylation sites (N-methyl/N-ethyl adjacent to an activating group) is 1. The molecule has 0 saturated carbocycles. The van der Waals surface area contributed by atoms with E-state index in [-0.39, 0.29) is 6.03 Å². The molecule has 8 heteroatoms. The molecule has 0 aliphatic carbocycles. The number of carbonyl (C=O) groups is 2. The standard InChI is InChI=1S/C18H27N5O3/c1-18(2,3)26-15(24)7-6-13-10-14-12-23(9-8-22(5)19-4)17(25)21-16(14)20-11-13/h6-7,10-11,19H,8-9,12H2,1-5H3,(H,20,21,25)/b7-6+. The molecular formula is C18H27N5O3. The lowest BCUT2D eigenvalue weighted by Gasteiger charge is -2.30. The van der Waals surface area contributed by atoms with E-state index in [0.29, 0.717) is 25.5 Å². The van der Waals surface area contributed by atoms with Crippen LogP contribution < -0.4 is 10.7 Å². The number of nitrogens with zero attached hydrogens (tertiary/aromatic N) is 3. The summed E-state index contributed by atoms with van der Waals surface area (Å²) in [5, 5.41) is 4.70. The Kier molecular flexibility index (Phi) is 6.33. The first-order chi connectivity index (χ1) is 12.2. The second-order valence-corrected chi connectivity index (χ2v) is 7.14. The quantitative estimate of drug-likeness (QED) is 0.457. The van der Waals surface area contributed by atoms with Crippen LogP contribution in [0.4, 0.5) is 10.6 Å². The fourth-order valence-electron chi connectivity index (χ4n) is 2.37. The van der Waals surface area contributed by atoms with Gasteiger partial charge in [0.15, 0.2) is 0 Å². The lowest BCUT2D eigenvalue weighted by Crippen LogP contribution is -2.44. The SMILES string of the molecule is CNN(C)CCN1Cc2cc(/C=C/C(=O)OC(C)(C)C)cnc2NC1=O. The normalized spacial score (nSPS) is 14.5. The lowest BCUT2D eigenvalue weighted by molar-refractivity contribution is -0.148. The summed E-state index contributed by atoms with van der Waals surface area (Å²) < 4.78 is 5.25. The molecule has 0 fully saturated rings. The topological polar surface area (TPSA) is 86.8 Å². The number of urea groups is 1. The number of esters is 1. The Bertz CT molecular complexity index is 697. The van der Waals surface area contributed by atoms with Crippen molar-refractivity contribution in [2.45, 2.75) is 32.9 Å². The number of pyridine rings is 1. The molecule has 26 heavy (non-hydrogen) atoms. The number of ether oxygens (including phenoxy) is 1. The van der Waals surface area contributed by atoms with Crippen molar-refractivity contribution < 1.29 is 14.3 Å². The van der Waals surface area contributed by atoms with Gasteiger partial charge in [-0.15, -0.1) is 0 Å². The first-order valence-electron chi connectivity index (χ1n) is 8.52. The molecule has 1 aromatic rings. The van der Waals surface area contributed by atoms with Gasteiger partial charge in [-0.05, 0) is 45.5 Å². The molecule has 0 radical (unpaired) electrons. The fourth-order valence-corrected chi connectivity index (χ4v) is 2.37. The number of fused-ring (bicyclic) bond motifs is 1. The molecule has 0 bridgehead atoms. The van der Waals surface area contributed by atoms with E-state index in [1.54, 1.807) is 17.2 Å². The van der Waals surface area contributed by atoms with Crippen LogP contribution in [-0.2, 0) is 16.1 Å². The monoisotopic (exact) mass is 361 g/mol. The average molecular weight is 361 g/mol. The van der Waals surface area contributed by atoms with Crippen LogP contribution in [0.5, 0.6) is 0 Å². The lowest BCUT2D eigenvalue weighted by atomic mass is 10.1. The Morgan fingerprint density at radius 1 is 1.50 bits per heavy atom. The summed E-state index contributed by atoms with van der Waals surface area (Å²) >= 11 is 0. The smallest absolute Gasteiger partial charge is 0.331 e. The van der Waals surface area contributed by atoms with Crippen LogP contribution in [0.15, 0.2) is 18.3 Å². The minimum Gasteiger partial charge on any atom is -0.457 e. The van der Waals surface area contributed by atoms with Gasteiger partial charge in [0.2, 0.25) is 0 Å². The highest BCUT2D eigenvalue weighted by molar-refractivity contribution is 5.91. The van der Waals surface area contributed by atoms with Crippen LogP contribution in [-0.4, -0.2) is 59.7 Å². The first-order valence-corrected chi connectivity index (χ1v) is 8.52. The molecular weight excluding hydrogens is 334 g/mol. The molecule has 0 aromatic carbocycles. The Labute approximate surface area is 154 Å². The van der Waals surface area contributed by atoms with Gasteiger partial charge in [-0.2, -0.15) is 0 Å². The van der Waals surface area contributed by atoms with E-state index in [1.807, 2.05) is 45.9 Å². The molecule has 1 aliphatic rings. The van der Waals surface area contributed by atoms with Crippen molar-refractivity contribution in [2.24, 2.45) is 0 Å². The molecule has 1 aliphatic heterocycles. The summed E-state index contributed by atoms with van der Waals surface area (Å²) in [5.41, 5.74) is 4.16. The van der Waals surface area contributed by atoms with Gasteiger partial charge in [0.1, 0.15) is 11.4 Å². The minimum atomic E-state index is -0.527. The molecule has 0 unspecified atom stereocenters. The fraction of sp³-hybridized carbons (Fsp3) is 0.500. The highest BCUT2D eigenvalue weighted by Gasteiger charge is 2.23. The molecule has 2 N–H and O–H groups in total. The van der Waals surface area contributed by atoms with Crippen molar-refractivity contribution in [1.29, 1.82) is 0 Å². The predicted molar refractivity (Wildman–Crippen MR) is 100 cm³/mol. The van der Waals surface area contributed by atoms with Gasteiger partial charge in [0, 0.05) is 38.0 Å². The van der Waals surface area contributed by atoms with Crippen molar-refractivity contribution in [3.05, 3.63) is 29.5 Å².